The van der Waals surface area contributed by atoms with Crippen LogP contribution in [0.15, 0.2) is 34.8 Å². The molecule has 14 radical (unpaired) electrons. The fourth-order valence-corrected chi connectivity index (χ4v) is 3.91. The van der Waals surface area contributed by atoms with E-state index in [1.807, 2.05) is 34.9 Å². The number of hydrogen-bond acceptors (Lipinski definition) is 0. The Balaban J connectivity index is 2.45. The van der Waals surface area contributed by atoms with Crippen LogP contribution in [0, 0.1) is 0 Å². The van der Waals surface area contributed by atoms with Crippen molar-refractivity contribution in [2.45, 2.75) is 0 Å². The molecule has 0 aliphatic rings. The van der Waals surface area contributed by atoms with Crippen molar-refractivity contribution in [1.29, 1.82) is 0 Å². The largest absolute Gasteiger partial charge is 0.311 e. The molecule has 1 aromatic heterocycles. The van der Waals surface area contributed by atoms with Gasteiger partial charge in [0, 0.05) is 26.6 Å². The first kappa shape index (κ1) is 18.7. The van der Waals surface area contributed by atoms with Gasteiger partial charge in [0.25, 0.3) is 0 Å². The first-order chi connectivity index (χ1) is 12.8. The smallest absolute Gasteiger partial charge is 0.116 e. The van der Waals surface area contributed by atoms with E-state index in [9.17, 15) is 0 Å². The molecule has 0 atom stereocenters. The topological polar surface area (TPSA) is 4.93 Å². The third-order valence-electron chi connectivity index (χ3n) is 4.87. The molecule has 0 N–H and O–H groups in total. The van der Waals surface area contributed by atoms with Gasteiger partial charge in [0.05, 0.1) is 0 Å². The average molecular weight is 391 g/mol. The number of hydrogen-bond donors (Lipinski definition) is 0. The normalized spacial score (nSPS) is 11.4. The summed E-state index contributed by atoms with van der Waals surface area (Å²) in [5.41, 5.74) is 4.06. The van der Waals surface area contributed by atoms with Crippen LogP contribution in [0.1, 0.15) is 0 Å². The van der Waals surface area contributed by atoms with Crippen molar-refractivity contribution in [1.82, 2.24) is 4.57 Å². The minimum atomic E-state index is 0.207. The lowest BCUT2D eigenvalue weighted by Crippen LogP contribution is -2.48. The first-order valence-electron chi connectivity index (χ1n) is 8.04. The molecule has 4 aromatic rings. The summed E-state index contributed by atoms with van der Waals surface area (Å²) < 4.78 is 2.36. The predicted octanol–water partition coefficient (Wildman–Crippen LogP) is -2.90. The summed E-state index contributed by atoms with van der Waals surface area (Å²) in [6.07, 6.45) is 0. The van der Waals surface area contributed by atoms with Gasteiger partial charge in [-0.2, -0.15) is 0 Å². The number of nitrogens with zero attached hydrogens (tertiary/aromatic N) is 1. The molecule has 0 saturated heterocycles. The number of fused-ring (bicyclic) bond motifs is 3. The van der Waals surface area contributed by atoms with Gasteiger partial charge in [-0.3, -0.25) is 0 Å². The van der Waals surface area contributed by atoms with Crippen molar-refractivity contribution in [3.05, 3.63) is 34.8 Å². The SMILES string of the molecule is [B]c1c([B])c([B])c2c(c1[B])c1c([B])c(Br)c([B])c([B])c1n2-c1ccccc1. The van der Waals surface area contributed by atoms with Crippen molar-refractivity contribution < 1.29 is 0 Å². The molecule has 110 valence electrons. The van der Waals surface area contributed by atoms with E-state index in [1.54, 1.807) is 0 Å². The molecule has 27 heavy (non-hydrogen) atoms. The molecule has 0 bridgehead atoms. The highest BCUT2D eigenvalue weighted by Gasteiger charge is 2.22. The number of benzene rings is 3. The van der Waals surface area contributed by atoms with Crippen LogP contribution in [0.5, 0.6) is 0 Å². The lowest BCUT2D eigenvalue weighted by molar-refractivity contribution is 1.19. The highest BCUT2D eigenvalue weighted by atomic mass is 79.9. The second-order valence-corrected chi connectivity index (χ2v) is 7.12. The van der Waals surface area contributed by atoms with Gasteiger partial charge in [0.1, 0.15) is 54.9 Å². The van der Waals surface area contributed by atoms with Gasteiger partial charge < -0.3 is 4.57 Å². The Morgan fingerprint density at radius 1 is 0.556 bits per heavy atom. The van der Waals surface area contributed by atoms with E-state index in [0.717, 1.165) is 5.69 Å². The molecule has 1 heterocycles. The van der Waals surface area contributed by atoms with Crippen LogP contribution in [0.25, 0.3) is 27.5 Å². The number of rotatable bonds is 1. The fraction of sp³-hybridized carbons (Fsp3) is 0. The van der Waals surface area contributed by atoms with Gasteiger partial charge in [-0.15, -0.1) is 10.9 Å². The maximum Gasteiger partial charge on any atom is 0.116 e. The molecule has 0 unspecified atom stereocenters. The second kappa shape index (κ2) is 6.48. The van der Waals surface area contributed by atoms with Gasteiger partial charge in [-0.1, -0.05) is 61.4 Å². The third-order valence-corrected chi connectivity index (χ3v) is 5.72. The number of aromatic nitrogens is 1. The Kier molecular flexibility index (Phi) is 4.50. The molecule has 0 aliphatic carbocycles. The Morgan fingerprint density at radius 2 is 1.04 bits per heavy atom. The average Bonchev–Trinajstić information content (AvgIpc) is 3.04. The maximum absolute atomic E-state index is 6.39. The van der Waals surface area contributed by atoms with Crippen molar-refractivity contribution >= 4 is 131 Å². The van der Waals surface area contributed by atoms with Crippen molar-refractivity contribution in [2.24, 2.45) is 0 Å². The minimum Gasteiger partial charge on any atom is -0.311 e. The molecule has 9 heteroatoms. The van der Waals surface area contributed by atoms with E-state index in [-0.39, 0.29) is 10.9 Å². The summed E-state index contributed by atoms with van der Waals surface area (Å²) in [6.45, 7) is 0. The lowest BCUT2D eigenvalue weighted by Gasteiger charge is -2.17. The Bertz CT molecular complexity index is 1170. The molecule has 0 saturated carbocycles. The van der Waals surface area contributed by atoms with Crippen molar-refractivity contribution in [3.63, 3.8) is 0 Å². The first-order valence-corrected chi connectivity index (χ1v) is 8.83. The summed E-state index contributed by atoms with van der Waals surface area (Å²) in [6, 6.07) is 9.53. The van der Waals surface area contributed by atoms with Crippen LogP contribution in [0.4, 0.5) is 0 Å². The van der Waals surface area contributed by atoms with E-state index >= 15 is 0 Å². The van der Waals surface area contributed by atoms with Crippen LogP contribution in [0.2, 0.25) is 0 Å². The maximum atomic E-state index is 6.39. The van der Waals surface area contributed by atoms with Crippen molar-refractivity contribution in [2.75, 3.05) is 0 Å². The highest BCUT2D eigenvalue weighted by Crippen LogP contribution is 2.28. The molecule has 0 aliphatic heterocycles. The van der Waals surface area contributed by atoms with Gasteiger partial charge in [0.2, 0.25) is 0 Å². The van der Waals surface area contributed by atoms with Crippen LogP contribution in [-0.2, 0) is 0 Å². The summed E-state index contributed by atoms with van der Waals surface area (Å²) in [5.74, 6) is 0. The van der Waals surface area contributed by atoms with Crippen LogP contribution < -0.4 is 38.2 Å². The quantitative estimate of drug-likeness (QED) is 0.307. The predicted molar refractivity (Wildman–Crippen MR) is 126 cm³/mol. The molecular weight excluding hydrogens is 386 g/mol. The zero-order valence-corrected chi connectivity index (χ0v) is 15.8. The zero-order chi connectivity index (χ0) is 19.6. The monoisotopic (exact) mass is 391 g/mol. The number of halogens is 1. The molecule has 0 fully saturated rings. The standard InChI is InChI=1S/C18H5B7BrN/c19-9-7-8-10(20)16(26)13(23)15(25)18(8)27(6-4-2-1-3-5-6)17(7)14(24)12(22)11(9)21/h1-5H. The Morgan fingerprint density at radius 3 is 1.63 bits per heavy atom. The van der Waals surface area contributed by atoms with Gasteiger partial charge >= 0.3 is 0 Å². The summed E-state index contributed by atoms with van der Waals surface area (Å²) in [5, 5.41) is 1.20. The van der Waals surface area contributed by atoms with E-state index in [4.69, 9.17) is 54.9 Å². The van der Waals surface area contributed by atoms with E-state index in [1.165, 1.54) is 0 Å². The molecule has 4 rings (SSSR count). The van der Waals surface area contributed by atoms with Crippen LogP contribution in [0.3, 0.4) is 0 Å². The van der Waals surface area contributed by atoms with E-state index < -0.39 is 0 Å². The highest BCUT2D eigenvalue weighted by molar-refractivity contribution is 9.10. The summed E-state index contributed by atoms with van der Waals surface area (Å²) >= 11 is 3.41. The second-order valence-electron chi connectivity index (χ2n) is 6.33. The van der Waals surface area contributed by atoms with Gasteiger partial charge in [-0.05, 0) is 17.5 Å². The molecular formula is C18H5B7BrN. The fourth-order valence-electron chi connectivity index (χ4n) is 3.50. The van der Waals surface area contributed by atoms with Crippen LogP contribution >= 0.6 is 15.9 Å². The molecule has 3 aromatic carbocycles. The summed E-state index contributed by atoms with van der Waals surface area (Å²) in [7, 11) is 43.9. The van der Waals surface area contributed by atoms with Crippen LogP contribution in [-0.4, -0.2) is 59.5 Å². The third kappa shape index (κ3) is 2.47. The molecule has 1 nitrogen and oxygen atoms in total. The molecule has 0 amide bonds. The molecule has 0 spiro atoms. The summed E-state index contributed by atoms with van der Waals surface area (Å²) in [4.78, 5) is 0. The van der Waals surface area contributed by atoms with Gasteiger partial charge in [-0.25, -0.2) is 0 Å². The zero-order valence-electron chi connectivity index (χ0n) is 14.3. The van der Waals surface area contributed by atoms with Crippen molar-refractivity contribution in [3.8, 4) is 5.69 Å². The van der Waals surface area contributed by atoms with Gasteiger partial charge in [0.15, 0.2) is 0 Å². The Labute approximate surface area is 175 Å². The Hall–Kier alpha value is -1.61. The van der Waals surface area contributed by atoms with E-state index in [2.05, 4.69) is 15.9 Å². The minimum absolute atomic E-state index is 0.207. The number of para-hydroxylation sites is 1. The van der Waals surface area contributed by atoms with E-state index in [0.29, 0.717) is 53.6 Å². The lowest BCUT2D eigenvalue weighted by atomic mass is 9.65.